The van der Waals surface area contributed by atoms with Crippen LogP contribution in [0.1, 0.15) is 52.1 Å². The van der Waals surface area contributed by atoms with Gasteiger partial charge in [0.1, 0.15) is 17.9 Å². The third kappa shape index (κ3) is 6.88. The van der Waals surface area contributed by atoms with Crippen LogP contribution in [-0.2, 0) is 18.4 Å². The number of amides is 2. The summed E-state index contributed by atoms with van der Waals surface area (Å²) >= 11 is 11.9. The first-order valence-electron chi connectivity index (χ1n) is 9.45. The van der Waals surface area contributed by atoms with E-state index in [1.165, 1.54) is 10.8 Å². The molecule has 2 rings (SSSR count). The zero-order chi connectivity index (χ0) is 23.0. The number of unbranched alkanes of at least 4 members (excludes halogenated alkanes) is 2. The summed E-state index contributed by atoms with van der Waals surface area (Å²) in [5.74, 6) is -2.15. The minimum Gasteiger partial charge on any atom is -0.486 e. The average molecular weight is 472 g/mol. The van der Waals surface area contributed by atoms with Crippen molar-refractivity contribution in [2.24, 2.45) is 7.05 Å². The molecule has 0 saturated carbocycles. The highest BCUT2D eigenvalue weighted by Gasteiger charge is 2.25. The topological polar surface area (TPSA) is 130 Å². The van der Waals surface area contributed by atoms with E-state index in [1.807, 2.05) is 0 Å². The normalized spacial score (nSPS) is 10.6. The molecule has 0 aliphatic heterocycles. The Kier molecular flexibility index (Phi) is 9.17. The van der Waals surface area contributed by atoms with Gasteiger partial charge in [0.25, 0.3) is 11.8 Å². The molecule has 1 aromatic carbocycles. The molecule has 168 valence electrons. The highest BCUT2D eigenvalue weighted by molar-refractivity contribution is 6.42. The Labute approximate surface area is 188 Å². The van der Waals surface area contributed by atoms with E-state index in [2.05, 4.69) is 5.32 Å². The Balaban J connectivity index is 2.13. The van der Waals surface area contributed by atoms with Crippen LogP contribution < -0.4 is 15.5 Å². The number of hydrogen-bond donors (Lipinski definition) is 4. The van der Waals surface area contributed by atoms with Gasteiger partial charge in [-0.1, -0.05) is 35.7 Å². The molecule has 0 radical (unpaired) electrons. The molecule has 0 atom stereocenters. The molecule has 0 aliphatic carbocycles. The van der Waals surface area contributed by atoms with Gasteiger partial charge in [0.05, 0.1) is 10.0 Å². The molecule has 0 spiro atoms. The van der Waals surface area contributed by atoms with Gasteiger partial charge in [0.2, 0.25) is 0 Å². The number of carboxylic acid groups (broad SMARTS) is 1. The molecule has 11 heteroatoms. The fraction of sp³-hybridized carbons (Fsp3) is 0.350. The second-order valence-corrected chi connectivity index (χ2v) is 7.58. The van der Waals surface area contributed by atoms with Gasteiger partial charge in [-0.15, -0.1) is 0 Å². The van der Waals surface area contributed by atoms with Crippen molar-refractivity contribution in [2.75, 3.05) is 6.54 Å². The summed E-state index contributed by atoms with van der Waals surface area (Å²) in [5.41, 5.74) is 2.29. The summed E-state index contributed by atoms with van der Waals surface area (Å²) < 4.78 is 7.19. The number of halogens is 2. The molecule has 0 fully saturated rings. The number of nitrogens with zero attached hydrogens (tertiary/aromatic N) is 1. The predicted octanol–water partition coefficient (Wildman–Crippen LogP) is 3.40. The number of carbonyl (C=O) groups is 3. The van der Waals surface area contributed by atoms with E-state index < -0.39 is 17.8 Å². The minimum absolute atomic E-state index is 0.00206. The van der Waals surface area contributed by atoms with E-state index in [0.29, 0.717) is 41.4 Å². The highest BCUT2D eigenvalue weighted by Crippen LogP contribution is 2.28. The van der Waals surface area contributed by atoms with Gasteiger partial charge in [-0.3, -0.25) is 19.6 Å². The SMILES string of the molecule is Cn1cc(C(=O)NO)c(OCc2ccc(Cl)c(Cl)c2)c1C(=O)NCCCCCC(=O)O. The standard InChI is InChI=1S/C20H23Cl2N3O6/c1-25-10-13(19(28)24-30)18(31-11-12-6-7-14(21)15(22)9-12)17(25)20(29)23-8-4-2-3-5-16(26)27/h6-7,9-10,30H,2-5,8,11H2,1H3,(H,23,29)(H,24,28)(H,26,27). The van der Waals surface area contributed by atoms with Gasteiger partial charge in [-0.05, 0) is 30.5 Å². The third-order valence-corrected chi connectivity index (χ3v) is 5.16. The Morgan fingerprint density at radius 1 is 1.10 bits per heavy atom. The molecule has 0 unspecified atom stereocenters. The fourth-order valence-corrected chi connectivity index (χ4v) is 3.21. The molecule has 31 heavy (non-hydrogen) atoms. The summed E-state index contributed by atoms with van der Waals surface area (Å²) in [4.78, 5) is 35.3. The number of aryl methyl sites for hydroxylation is 1. The zero-order valence-electron chi connectivity index (χ0n) is 16.8. The first-order chi connectivity index (χ1) is 14.7. The number of aromatic nitrogens is 1. The molecule has 0 bridgehead atoms. The van der Waals surface area contributed by atoms with Crippen LogP contribution in [0.25, 0.3) is 0 Å². The van der Waals surface area contributed by atoms with E-state index in [4.69, 9.17) is 38.3 Å². The van der Waals surface area contributed by atoms with Crippen LogP contribution >= 0.6 is 23.2 Å². The number of hydrogen-bond acceptors (Lipinski definition) is 5. The number of ether oxygens (including phenoxy) is 1. The smallest absolute Gasteiger partial charge is 0.303 e. The second kappa shape index (κ2) is 11.6. The van der Waals surface area contributed by atoms with E-state index in [-0.39, 0.29) is 30.0 Å². The maximum absolute atomic E-state index is 12.7. The van der Waals surface area contributed by atoms with Gasteiger partial charge in [-0.2, -0.15) is 0 Å². The quantitative estimate of drug-likeness (QED) is 0.225. The first-order valence-corrected chi connectivity index (χ1v) is 10.2. The minimum atomic E-state index is -0.855. The number of aliphatic carboxylic acids is 1. The molecule has 1 aromatic heterocycles. The first kappa shape index (κ1) is 24.5. The predicted molar refractivity (Wildman–Crippen MR) is 114 cm³/mol. The van der Waals surface area contributed by atoms with Crippen molar-refractivity contribution in [3.05, 3.63) is 51.3 Å². The Morgan fingerprint density at radius 2 is 1.84 bits per heavy atom. The van der Waals surface area contributed by atoms with Crippen molar-refractivity contribution in [3.63, 3.8) is 0 Å². The molecular formula is C20H23Cl2N3O6. The van der Waals surface area contributed by atoms with Crippen molar-refractivity contribution in [1.82, 2.24) is 15.4 Å². The summed E-state index contributed by atoms with van der Waals surface area (Å²) in [7, 11) is 1.57. The van der Waals surface area contributed by atoms with Crippen LogP contribution in [0.3, 0.4) is 0 Å². The molecule has 1 heterocycles. The molecule has 0 aliphatic rings. The van der Waals surface area contributed by atoms with Gasteiger partial charge < -0.3 is 19.7 Å². The fourth-order valence-electron chi connectivity index (χ4n) is 2.88. The van der Waals surface area contributed by atoms with Gasteiger partial charge >= 0.3 is 5.97 Å². The van der Waals surface area contributed by atoms with E-state index in [0.717, 1.165) is 0 Å². The molecule has 2 amide bonds. The Morgan fingerprint density at radius 3 is 2.48 bits per heavy atom. The van der Waals surface area contributed by atoms with Gasteiger partial charge in [0, 0.05) is 26.2 Å². The van der Waals surface area contributed by atoms with Crippen LogP contribution in [0, 0.1) is 0 Å². The molecule has 9 nitrogen and oxygen atoms in total. The number of rotatable bonds is 11. The van der Waals surface area contributed by atoms with Crippen molar-refractivity contribution in [1.29, 1.82) is 0 Å². The van der Waals surface area contributed by atoms with Crippen LogP contribution in [0.15, 0.2) is 24.4 Å². The van der Waals surface area contributed by atoms with Crippen molar-refractivity contribution in [2.45, 2.75) is 32.3 Å². The van der Waals surface area contributed by atoms with Crippen LogP contribution in [0.2, 0.25) is 10.0 Å². The van der Waals surface area contributed by atoms with Crippen molar-refractivity contribution >= 4 is 41.0 Å². The largest absolute Gasteiger partial charge is 0.486 e. The third-order valence-electron chi connectivity index (χ3n) is 4.42. The number of carboxylic acids is 1. The van der Waals surface area contributed by atoms with E-state index in [9.17, 15) is 14.4 Å². The van der Waals surface area contributed by atoms with E-state index >= 15 is 0 Å². The van der Waals surface area contributed by atoms with E-state index in [1.54, 1.807) is 30.7 Å². The van der Waals surface area contributed by atoms with Crippen LogP contribution in [-0.4, -0.2) is 39.2 Å². The highest BCUT2D eigenvalue weighted by atomic mass is 35.5. The number of nitrogens with one attached hydrogen (secondary N) is 2. The lowest BCUT2D eigenvalue weighted by Crippen LogP contribution is -2.27. The molecule has 0 saturated heterocycles. The van der Waals surface area contributed by atoms with Crippen molar-refractivity contribution < 1.29 is 29.4 Å². The molecule has 2 aromatic rings. The maximum Gasteiger partial charge on any atom is 0.303 e. The maximum atomic E-state index is 12.7. The monoisotopic (exact) mass is 471 g/mol. The number of carbonyl (C=O) groups excluding carboxylic acids is 2. The number of hydroxylamine groups is 1. The lowest BCUT2D eigenvalue weighted by atomic mass is 10.2. The van der Waals surface area contributed by atoms with Gasteiger partial charge in [0.15, 0.2) is 5.75 Å². The lowest BCUT2D eigenvalue weighted by Gasteiger charge is -2.12. The van der Waals surface area contributed by atoms with Gasteiger partial charge in [-0.25, -0.2) is 5.48 Å². The Bertz CT molecular complexity index is 961. The second-order valence-electron chi connectivity index (χ2n) is 6.77. The lowest BCUT2D eigenvalue weighted by molar-refractivity contribution is -0.137. The Hall–Kier alpha value is -2.75. The summed E-state index contributed by atoms with van der Waals surface area (Å²) in [6, 6.07) is 4.90. The molecular weight excluding hydrogens is 449 g/mol. The number of benzene rings is 1. The summed E-state index contributed by atoms with van der Waals surface area (Å²) in [5, 5.41) is 21.1. The van der Waals surface area contributed by atoms with Crippen LogP contribution in [0.4, 0.5) is 0 Å². The van der Waals surface area contributed by atoms with Crippen LogP contribution in [0.5, 0.6) is 5.75 Å². The zero-order valence-corrected chi connectivity index (χ0v) is 18.3. The average Bonchev–Trinajstić information content (AvgIpc) is 3.06. The molecule has 4 N–H and O–H groups in total. The summed E-state index contributed by atoms with van der Waals surface area (Å²) in [6.07, 6.45) is 3.23. The van der Waals surface area contributed by atoms with Crippen molar-refractivity contribution in [3.8, 4) is 5.75 Å². The summed E-state index contributed by atoms with van der Waals surface area (Å²) in [6.45, 7) is 0.333.